The van der Waals surface area contributed by atoms with Crippen molar-refractivity contribution < 1.29 is 14.3 Å². The van der Waals surface area contributed by atoms with E-state index in [1.54, 1.807) is 11.0 Å². The van der Waals surface area contributed by atoms with Crippen molar-refractivity contribution in [3.63, 3.8) is 0 Å². The van der Waals surface area contributed by atoms with Crippen molar-refractivity contribution in [3.8, 4) is 0 Å². The minimum Gasteiger partial charge on any atom is -0.368 e. The lowest BCUT2D eigenvalue weighted by molar-refractivity contribution is -0.124. The van der Waals surface area contributed by atoms with Crippen LogP contribution in [0.15, 0.2) is 23.1 Å². The molecule has 2 aliphatic rings. The molecule has 26 heavy (non-hydrogen) atoms. The van der Waals surface area contributed by atoms with Gasteiger partial charge in [-0.2, -0.15) is 0 Å². The molecule has 2 aliphatic heterocycles. The second-order valence-corrected chi connectivity index (χ2v) is 7.35. The predicted octanol–water partition coefficient (Wildman–Crippen LogP) is 1.15. The van der Waals surface area contributed by atoms with Gasteiger partial charge in [-0.3, -0.25) is 19.7 Å². The van der Waals surface area contributed by atoms with Gasteiger partial charge in [-0.05, 0) is 25.0 Å². The Morgan fingerprint density at radius 1 is 1.42 bits per heavy atom. The average Bonchev–Trinajstić information content (AvgIpc) is 3.30. The van der Waals surface area contributed by atoms with Crippen molar-refractivity contribution in [1.29, 1.82) is 0 Å². The van der Waals surface area contributed by atoms with Gasteiger partial charge in [-0.25, -0.2) is 4.98 Å². The maximum absolute atomic E-state index is 12.6. The Hall–Kier alpha value is -2.52. The number of hydrogen-bond donors (Lipinski definition) is 2. The summed E-state index contributed by atoms with van der Waals surface area (Å²) >= 11 is 1.36. The average molecular weight is 374 g/mol. The van der Waals surface area contributed by atoms with Crippen LogP contribution in [-0.2, 0) is 22.5 Å². The minimum absolute atomic E-state index is 0.132. The van der Waals surface area contributed by atoms with Crippen LogP contribution in [0.2, 0.25) is 0 Å². The van der Waals surface area contributed by atoms with E-state index < -0.39 is 11.7 Å². The number of carbonyl (C=O) groups excluding carboxylic acids is 2. The first-order valence-electron chi connectivity index (χ1n) is 8.50. The summed E-state index contributed by atoms with van der Waals surface area (Å²) in [6, 6.07) is 3.16. The highest BCUT2D eigenvalue weighted by atomic mass is 32.1. The van der Waals surface area contributed by atoms with Gasteiger partial charge >= 0.3 is 0 Å². The van der Waals surface area contributed by atoms with Crippen molar-refractivity contribution >= 4 is 28.3 Å². The Labute approximate surface area is 153 Å². The van der Waals surface area contributed by atoms with Gasteiger partial charge in [0.15, 0.2) is 5.13 Å². The van der Waals surface area contributed by atoms with Gasteiger partial charge in [0.25, 0.3) is 17.4 Å². The monoisotopic (exact) mass is 374 g/mol. The molecule has 136 valence electrons. The summed E-state index contributed by atoms with van der Waals surface area (Å²) in [5, 5.41) is 3.34. The molecular formula is C17H18N4O4S. The molecule has 4 rings (SSSR count). The van der Waals surface area contributed by atoms with Crippen LogP contribution in [0.3, 0.4) is 0 Å². The zero-order valence-corrected chi connectivity index (χ0v) is 14.8. The number of carbonyl (C=O) groups is 2. The van der Waals surface area contributed by atoms with E-state index in [0.717, 1.165) is 23.4 Å². The Bertz CT molecular complexity index is 900. The first-order chi connectivity index (χ1) is 12.6. The van der Waals surface area contributed by atoms with Crippen LogP contribution >= 0.6 is 11.3 Å². The number of nitrogens with one attached hydrogen (secondary N) is 2. The normalized spacial score (nSPS) is 19.2. The molecule has 2 aromatic rings. The Morgan fingerprint density at radius 3 is 3.08 bits per heavy atom. The third-order valence-electron chi connectivity index (χ3n) is 4.52. The van der Waals surface area contributed by atoms with Gasteiger partial charge in [-0.15, -0.1) is 0 Å². The number of aromatic nitrogens is 2. The molecule has 0 aromatic carbocycles. The molecule has 0 aliphatic carbocycles. The zero-order chi connectivity index (χ0) is 18.1. The third-order valence-corrected chi connectivity index (χ3v) is 5.52. The number of rotatable bonds is 3. The van der Waals surface area contributed by atoms with E-state index in [2.05, 4.69) is 15.3 Å². The molecule has 4 heterocycles. The summed E-state index contributed by atoms with van der Waals surface area (Å²) in [6.07, 6.45) is 3.31. The van der Waals surface area contributed by atoms with Gasteiger partial charge in [-0.1, -0.05) is 11.3 Å². The highest BCUT2D eigenvalue weighted by Crippen LogP contribution is 2.29. The van der Waals surface area contributed by atoms with Crippen LogP contribution in [0.4, 0.5) is 5.13 Å². The number of ether oxygens (including phenoxy) is 1. The summed E-state index contributed by atoms with van der Waals surface area (Å²) in [7, 11) is 0. The smallest absolute Gasteiger partial charge is 0.260 e. The van der Waals surface area contributed by atoms with E-state index in [9.17, 15) is 14.4 Å². The molecule has 2 N–H and O–H groups in total. The van der Waals surface area contributed by atoms with Crippen molar-refractivity contribution in [2.24, 2.45) is 0 Å². The molecule has 0 spiro atoms. The fraction of sp³-hybridized carbons (Fsp3) is 0.412. The molecule has 1 unspecified atom stereocenters. The fourth-order valence-electron chi connectivity index (χ4n) is 3.15. The lowest BCUT2D eigenvalue weighted by Crippen LogP contribution is -2.38. The maximum Gasteiger partial charge on any atom is 0.260 e. The molecule has 1 fully saturated rings. The van der Waals surface area contributed by atoms with Crippen LogP contribution in [0.5, 0.6) is 0 Å². The van der Waals surface area contributed by atoms with E-state index in [1.165, 1.54) is 23.6 Å². The summed E-state index contributed by atoms with van der Waals surface area (Å²) in [5.41, 5.74) is 0.633. The highest BCUT2D eigenvalue weighted by Gasteiger charge is 2.28. The lowest BCUT2D eigenvalue weighted by atomic mass is 10.1. The maximum atomic E-state index is 12.6. The first kappa shape index (κ1) is 16.9. The number of thiazole rings is 1. The number of H-pyrrole nitrogens is 1. The number of fused-ring (bicyclic) bond motifs is 1. The van der Waals surface area contributed by atoms with E-state index >= 15 is 0 Å². The van der Waals surface area contributed by atoms with Crippen LogP contribution in [0, 0.1) is 0 Å². The summed E-state index contributed by atoms with van der Waals surface area (Å²) in [5.74, 6) is -0.465. The van der Waals surface area contributed by atoms with Crippen LogP contribution in [0.25, 0.3) is 0 Å². The Morgan fingerprint density at radius 2 is 2.31 bits per heavy atom. The third kappa shape index (κ3) is 3.27. The molecule has 2 amide bonds. The Kier molecular flexibility index (Phi) is 4.56. The highest BCUT2D eigenvalue weighted by molar-refractivity contribution is 7.15. The molecule has 8 nitrogen and oxygen atoms in total. The number of nitrogens with zero attached hydrogens (tertiary/aromatic N) is 2. The topological polar surface area (TPSA) is 104 Å². The molecule has 1 atom stereocenters. The van der Waals surface area contributed by atoms with Gasteiger partial charge in [0.05, 0.1) is 12.2 Å². The lowest BCUT2D eigenvalue weighted by Gasteiger charge is -2.25. The van der Waals surface area contributed by atoms with Crippen LogP contribution in [-0.4, -0.2) is 45.9 Å². The van der Waals surface area contributed by atoms with Gasteiger partial charge < -0.3 is 14.6 Å². The SMILES string of the molecule is O=C(Nc1nc2c(s1)CN(C(=O)c1ccc[nH]c1=O)CC2)C1CCCO1. The summed E-state index contributed by atoms with van der Waals surface area (Å²) in [4.78, 5) is 46.1. The fourth-order valence-corrected chi connectivity index (χ4v) is 4.18. The molecule has 0 saturated carbocycles. The van der Waals surface area contributed by atoms with Crippen molar-refractivity contribution in [2.75, 3.05) is 18.5 Å². The number of pyridine rings is 1. The number of anilines is 1. The minimum atomic E-state index is -0.404. The van der Waals surface area contributed by atoms with Crippen molar-refractivity contribution in [3.05, 3.63) is 44.8 Å². The van der Waals surface area contributed by atoms with Crippen LogP contribution < -0.4 is 10.9 Å². The molecule has 2 aromatic heterocycles. The molecule has 1 saturated heterocycles. The van der Waals surface area contributed by atoms with E-state index in [4.69, 9.17) is 4.74 Å². The quantitative estimate of drug-likeness (QED) is 0.839. The van der Waals surface area contributed by atoms with Crippen molar-refractivity contribution in [1.82, 2.24) is 14.9 Å². The zero-order valence-electron chi connectivity index (χ0n) is 14.0. The second kappa shape index (κ2) is 7.00. The number of amides is 2. The standard InChI is InChI=1S/C17H18N4O4S/c22-14-10(3-1-6-18-14)16(24)21-7-5-11-13(9-21)26-17(19-11)20-15(23)12-4-2-8-25-12/h1,3,6,12H,2,4-5,7-9H2,(H,18,22)(H,19,20,23). The van der Waals surface area contributed by atoms with Gasteiger partial charge in [0, 0.05) is 30.6 Å². The first-order valence-corrected chi connectivity index (χ1v) is 9.31. The second-order valence-electron chi connectivity index (χ2n) is 6.27. The largest absolute Gasteiger partial charge is 0.368 e. The van der Waals surface area contributed by atoms with Gasteiger partial charge in [0.1, 0.15) is 11.7 Å². The molecule has 0 bridgehead atoms. The molecule has 0 radical (unpaired) electrons. The number of aromatic amines is 1. The number of hydrogen-bond acceptors (Lipinski definition) is 6. The molecule has 9 heteroatoms. The predicted molar refractivity (Wildman–Crippen MR) is 95.2 cm³/mol. The Balaban J connectivity index is 1.46. The summed E-state index contributed by atoms with van der Waals surface area (Å²) in [6.45, 7) is 1.49. The summed E-state index contributed by atoms with van der Waals surface area (Å²) < 4.78 is 5.38. The molecular weight excluding hydrogens is 356 g/mol. The van der Waals surface area contributed by atoms with Gasteiger partial charge in [0.2, 0.25) is 0 Å². The van der Waals surface area contributed by atoms with Crippen molar-refractivity contribution in [2.45, 2.75) is 31.9 Å². The van der Waals surface area contributed by atoms with E-state index in [-0.39, 0.29) is 17.4 Å². The van der Waals surface area contributed by atoms with E-state index in [1.807, 2.05) is 0 Å². The van der Waals surface area contributed by atoms with E-state index in [0.29, 0.717) is 31.2 Å². The van der Waals surface area contributed by atoms with Crippen LogP contribution in [0.1, 0.15) is 33.8 Å².